The Bertz CT molecular complexity index is 336. The summed E-state index contributed by atoms with van der Waals surface area (Å²) in [5, 5.41) is 0. The largest absolute Gasteiger partial charge is 0.493 e. The molecule has 0 radical (unpaired) electrons. The molecule has 1 aliphatic heterocycles. The number of benzene rings is 1. The Hall–Kier alpha value is -0.830. The van der Waals surface area contributed by atoms with Gasteiger partial charge in [-0.1, -0.05) is 41.9 Å². The first-order valence-corrected chi connectivity index (χ1v) is 6.11. The zero-order chi connectivity index (χ0) is 11.3. The van der Waals surface area contributed by atoms with Crippen LogP contribution in [0.2, 0.25) is 0 Å². The van der Waals surface area contributed by atoms with E-state index in [0.29, 0.717) is 17.9 Å². The third-order valence-electron chi connectivity index (χ3n) is 2.07. The third kappa shape index (κ3) is 2.81. The van der Waals surface area contributed by atoms with E-state index in [2.05, 4.69) is 15.9 Å². The maximum Gasteiger partial charge on any atom is 0.180 e. The summed E-state index contributed by atoms with van der Waals surface area (Å²) >= 11 is 3.34. The van der Waals surface area contributed by atoms with Crippen LogP contribution >= 0.6 is 15.9 Å². The fourth-order valence-corrected chi connectivity index (χ4v) is 1.80. The molecule has 1 unspecified atom stereocenters. The minimum absolute atomic E-state index is 0.101. The van der Waals surface area contributed by atoms with Crippen LogP contribution < -0.4 is 4.74 Å². The molecule has 0 saturated heterocycles. The number of ketones is 1. The monoisotopic (exact) mass is 270 g/mol. The molecule has 1 aromatic rings. The second kappa shape index (κ2) is 5.91. The van der Waals surface area contributed by atoms with Crippen LogP contribution in [0.25, 0.3) is 0 Å². The average molecular weight is 271 g/mol. The molecule has 2 nitrogen and oxygen atoms in total. The molecule has 15 heavy (non-hydrogen) atoms. The van der Waals surface area contributed by atoms with Gasteiger partial charge in [-0.05, 0) is 12.1 Å². The molecule has 1 aliphatic rings. The lowest BCUT2D eigenvalue weighted by atomic mass is 10.1. The normalized spacial score (nSPS) is 19.1. The molecule has 0 aromatic heterocycles. The van der Waals surface area contributed by atoms with Gasteiger partial charge in [0.15, 0.2) is 5.78 Å². The maximum absolute atomic E-state index is 11.7. The Morgan fingerprint density at radius 1 is 1.33 bits per heavy atom. The highest BCUT2D eigenvalue weighted by Crippen LogP contribution is 2.26. The molecule has 1 heterocycles. The van der Waals surface area contributed by atoms with Crippen molar-refractivity contribution < 1.29 is 9.53 Å². The minimum atomic E-state index is -0.101. The smallest absolute Gasteiger partial charge is 0.180 e. The van der Waals surface area contributed by atoms with Crippen molar-refractivity contribution in [1.82, 2.24) is 0 Å². The zero-order valence-electron chi connectivity index (χ0n) is 9.00. The van der Waals surface area contributed by atoms with Crippen molar-refractivity contribution in [1.29, 1.82) is 0 Å². The van der Waals surface area contributed by atoms with Gasteiger partial charge in [-0.3, -0.25) is 4.79 Å². The summed E-state index contributed by atoms with van der Waals surface area (Å²) in [5.41, 5.74) is 0.682. The lowest BCUT2D eigenvalue weighted by Gasteiger charge is -2.04. The molecule has 1 aromatic carbocycles. The molecule has 0 fully saturated rings. The number of hydrogen-bond donors (Lipinski definition) is 0. The van der Waals surface area contributed by atoms with E-state index in [1.807, 2.05) is 32.0 Å². The summed E-state index contributed by atoms with van der Waals surface area (Å²) in [6, 6.07) is 7.36. The number of rotatable bonds is 0. The van der Waals surface area contributed by atoms with Crippen LogP contribution in [0.15, 0.2) is 24.3 Å². The van der Waals surface area contributed by atoms with Crippen LogP contribution in [0, 0.1) is 0 Å². The molecule has 0 N–H and O–H groups in total. The van der Waals surface area contributed by atoms with Gasteiger partial charge in [-0.15, -0.1) is 0 Å². The Morgan fingerprint density at radius 3 is 2.73 bits per heavy atom. The Kier molecular flexibility index (Phi) is 4.82. The van der Waals surface area contributed by atoms with Gasteiger partial charge in [0.05, 0.1) is 17.0 Å². The van der Waals surface area contributed by atoms with E-state index in [1.54, 1.807) is 6.07 Å². The number of halogens is 1. The average Bonchev–Trinajstić information content (AvgIpc) is 2.44. The fourth-order valence-electron chi connectivity index (χ4n) is 1.37. The van der Waals surface area contributed by atoms with E-state index in [4.69, 9.17) is 4.74 Å². The van der Waals surface area contributed by atoms with Crippen LogP contribution in [-0.2, 0) is 0 Å². The highest BCUT2D eigenvalue weighted by Gasteiger charge is 2.23. The predicted molar refractivity (Wildman–Crippen MR) is 64.9 cm³/mol. The van der Waals surface area contributed by atoms with Crippen molar-refractivity contribution in [2.75, 3.05) is 6.61 Å². The standard InChI is InChI=1S/C10H9BrO2.C2H6/c11-8-5-6-13-9-4-2-1-3-7(9)10(8)12;1-2/h1-4,8H,5-6H2;1-2H3. The summed E-state index contributed by atoms with van der Waals surface area (Å²) in [6.07, 6.45) is 0.730. The molecule has 0 bridgehead atoms. The first kappa shape index (κ1) is 12.2. The summed E-state index contributed by atoms with van der Waals surface area (Å²) in [5.74, 6) is 0.822. The molecular weight excluding hydrogens is 256 g/mol. The molecule has 0 aliphatic carbocycles. The van der Waals surface area contributed by atoms with E-state index < -0.39 is 0 Å². The molecule has 0 spiro atoms. The first-order valence-electron chi connectivity index (χ1n) is 5.19. The van der Waals surface area contributed by atoms with E-state index in [1.165, 1.54) is 0 Å². The molecule has 0 amide bonds. The molecular formula is C12H15BrO2. The van der Waals surface area contributed by atoms with E-state index in [0.717, 1.165) is 6.42 Å². The number of Topliss-reactive ketones (excluding diaryl/α,β-unsaturated/α-hetero) is 1. The molecule has 82 valence electrons. The third-order valence-corrected chi connectivity index (χ3v) is 2.94. The Morgan fingerprint density at radius 2 is 2.00 bits per heavy atom. The van der Waals surface area contributed by atoms with Crippen molar-refractivity contribution in [2.45, 2.75) is 25.1 Å². The highest BCUT2D eigenvalue weighted by atomic mass is 79.9. The van der Waals surface area contributed by atoms with Crippen LogP contribution in [0.4, 0.5) is 0 Å². The lowest BCUT2D eigenvalue weighted by molar-refractivity contribution is 0.0991. The van der Waals surface area contributed by atoms with Crippen LogP contribution in [0.3, 0.4) is 0 Å². The SMILES string of the molecule is CC.O=C1c2ccccc2OCCC1Br. The van der Waals surface area contributed by atoms with Gasteiger partial charge in [-0.2, -0.15) is 0 Å². The van der Waals surface area contributed by atoms with Gasteiger partial charge in [0.1, 0.15) is 5.75 Å². The highest BCUT2D eigenvalue weighted by molar-refractivity contribution is 9.10. The summed E-state index contributed by atoms with van der Waals surface area (Å²) in [7, 11) is 0. The van der Waals surface area contributed by atoms with Crippen molar-refractivity contribution in [3.63, 3.8) is 0 Å². The molecule has 2 rings (SSSR count). The second-order valence-electron chi connectivity index (χ2n) is 2.97. The van der Waals surface area contributed by atoms with Crippen molar-refractivity contribution >= 4 is 21.7 Å². The van der Waals surface area contributed by atoms with Crippen molar-refractivity contribution in [3.05, 3.63) is 29.8 Å². The number of carbonyl (C=O) groups excluding carboxylic acids is 1. The Balaban J connectivity index is 0.000000531. The summed E-state index contributed by atoms with van der Waals surface area (Å²) < 4.78 is 5.44. The lowest BCUT2D eigenvalue weighted by Crippen LogP contribution is -2.12. The van der Waals surface area contributed by atoms with Crippen molar-refractivity contribution in [3.8, 4) is 5.75 Å². The summed E-state index contributed by atoms with van der Waals surface area (Å²) in [4.78, 5) is 11.6. The van der Waals surface area contributed by atoms with Gasteiger partial charge in [0.25, 0.3) is 0 Å². The minimum Gasteiger partial charge on any atom is -0.493 e. The van der Waals surface area contributed by atoms with E-state index >= 15 is 0 Å². The van der Waals surface area contributed by atoms with Gasteiger partial charge >= 0.3 is 0 Å². The number of hydrogen-bond acceptors (Lipinski definition) is 2. The number of ether oxygens (including phenoxy) is 1. The molecule has 0 saturated carbocycles. The second-order valence-corrected chi connectivity index (χ2v) is 4.07. The fraction of sp³-hybridized carbons (Fsp3) is 0.417. The number of fused-ring (bicyclic) bond motifs is 1. The number of para-hydroxylation sites is 1. The van der Waals surface area contributed by atoms with Gasteiger partial charge < -0.3 is 4.74 Å². The number of carbonyl (C=O) groups is 1. The Labute approximate surface area is 98.8 Å². The van der Waals surface area contributed by atoms with Gasteiger partial charge in [0, 0.05) is 6.42 Å². The zero-order valence-corrected chi connectivity index (χ0v) is 10.6. The van der Waals surface area contributed by atoms with Crippen LogP contribution in [-0.4, -0.2) is 17.2 Å². The number of alkyl halides is 1. The summed E-state index contributed by atoms with van der Waals surface area (Å²) in [6.45, 7) is 4.60. The van der Waals surface area contributed by atoms with Crippen LogP contribution in [0.5, 0.6) is 5.75 Å². The van der Waals surface area contributed by atoms with Crippen molar-refractivity contribution in [2.24, 2.45) is 0 Å². The van der Waals surface area contributed by atoms with Gasteiger partial charge in [0.2, 0.25) is 0 Å². The first-order chi connectivity index (χ1) is 7.29. The van der Waals surface area contributed by atoms with E-state index in [9.17, 15) is 4.79 Å². The maximum atomic E-state index is 11.7. The van der Waals surface area contributed by atoms with Gasteiger partial charge in [-0.25, -0.2) is 0 Å². The topological polar surface area (TPSA) is 26.3 Å². The predicted octanol–water partition coefficient (Wildman–Crippen LogP) is 3.44. The van der Waals surface area contributed by atoms with E-state index in [-0.39, 0.29) is 10.6 Å². The molecule has 1 atom stereocenters. The quantitative estimate of drug-likeness (QED) is 0.675. The molecule has 3 heteroatoms. The van der Waals surface area contributed by atoms with Crippen LogP contribution in [0.1, 0.15) is 30.6 Å².